The Morgan fingerprint density at radius 1 is 1.38 bits per heavy atom. The molecular formula is C12H17NO2S. The normalized spacial score (nSPS) is 10.5. The van der Waals surface area contributed by atoms with Gasteiger partial charge in [0, 0.05) is 22.3 Å². The Morgan fingerprint density at radius 2 is 2.00 bits per heavy atom. The monoisotopic (exact) mass is 239 g/mol. The highest BCUT2D eigenvalue weighted by Gasteiger charge is 2.04. The second-order valence-electron chi connectivity index (χ2n) is 3.67. The fourth-order valence-electron chi connectivity index (χ4n) is 1.23. The van der Waals surface area contributed by atoms with Crippen molar-refractivity contribution < 1.29 is 9.90 Å². The molecule has 0 aromatic heterocycles. The Labute approximate surface area is 100 Å². The summed E-state index contributed by atoms with van der Waals surface area (Å²) in [5.41, 5.74) is 0.626. The van der Waals surface area contributed by atoms with Crippen molar-refractivity contribution in [3.8, 4) is 0 Å². The van der Waals surface area contributed by atoms with Gasteiger partial charge in [0.1, 0.15) is 0 Å². The van der Waals surface area contributed by atoms with Crippen LogP contribution in [0, 0.1) is 0 Å². The van der Waals surface area contributed by atoms with Gasteiger partial charge in [-0.25, -0.2) is 0 Å². The van der Waals surface area contributed by atoms with Gasteiger partial charge in [-0.3, -0.25) is 4.79 Å². The third-order valence-corrected chi connectivity index (χ3v) is 2.90. The summed E-state index contributed by atoms with van der Waals surface area (Å²) in [4.78, 5) is 12.7. The van der Waals surface area contributed by atoms with E-state index >= 15 is 0 Å². The molecule has 16 heavy (non-hydrogen) atoms. The van der Waals surface area contributed by atoms with E-state index < -0.39 is 0 Å². The first kappa shape index (κ1) is 13.1. The predicted octanol–water partition coefficient (Wildman–Crippen LogP) is 1.91. The van der Waals surface area contributed by atoms with Crippen molar-refractivity contribution in [3.05, 3.63) is 29.8 Å². The molecule has 0 unspecified atom stereocenters. The van der Waals surface area contributed by atoms with Gasteiger partial charge in [0.2, 0.25) is 0 Å². The van der Waals surface area contributed by atoms with Crippen LogP contribution in [-0.2, 0) is 0 Å². The molecule has 1 aromatic rings. The van der Waals surface area contributed by atoms with Gasteiger partial charge in [0.15, 0.2) is 0 Å². The summed E-state index contributed by atoms with van der Waals surface area (Å²) in [7, 11) is 0. The Balaban J connectivity index is 2.60. The third-order valence-electron chi connectivity index (χ3n) is 1.89. The molecule has 0 saturated heterocycles. The molecule has 0 spiro atoms. The molecule has 88 valence electrons. The number of benzene rings is 1. The van der Waals surface area contributed by atoms with Crippen LogP contribution >= 0.6 is 11.8 Å². The average molecular weight is 239 g/mol. The molecule has 2 N–H and O–H groups in total. The second kappa shape index (κ2) is 6.55. The molecule has 0 radical (unpaired) electrons. The van der Waals surface area contributed by atoms with E-state index in [1.165, 1.54) is 0 Å². The zero-order valence-electron chi connectivity index (χ0n) is 9.56. The van der Waals surface area contributed by atoms with Gasteiger partial charge >= 0.3 is 0 Å². The van der Waals surface area contributed by atoms with Crippen LogP contribution in [0.15, 0.2) is 29.2 Å². The lowest BCUT2D eigenvalue weighted by molar-refractivity contribution is 0.0944. The van der Waals surface area contributed by atoms with Crippen LogP contribution in [0.2, 0.25) is 0 Å². The van der Waals surface area contributed by atoms with Gasteiger partial charge in [0.05, 0.1) is 6.61 Å². The Bertz CT molecular complexity index is 335. The first-order valence-corrected chi connectivity index (χ1v) is 6.17. The van der Waals surface area contributed by atoms with E-state index in [4.69, 9.17) is 5.11 Å². The minimum Gasteiger partial charge on any atom is -0.395 e. The topological polar surface area (TPSA) is 49.3 Å². The quantitative estimate of drug-likeness (QED) is 0.772. The summed E-state index contributed by atoms with van der Waals surface area (Å²) in [6.45, 7) is 4.52. The van der Waals surface area contributed by atoms with Crippen LogP contribution in [0.1, 0.15) is 24.2 Å². The molecule has 1 aromatic carbocycles. The maximum atomic E-state index is 11.5. The van der Waals surface area contributed by atoms with Gasteiger partial charge in [-0.05, 0) is 24.3 Å². The van der Waals surface area contributed by atoms with Crippen LogP contribution in [0.4, 0.5) is 0 Å². The number of nitrogens with one attached hydrogen (secondary N) is 1. The summed E-state index contributed by atoms with van der Waals surface area (Å²) in [5, 5.41) is 11.7. The maximum Gasteiger partial charge on any atom is 0.251 e. The molecule has 0 fully saturated rings. The minimum absolute atomic E-state index is 0.0347. The third kappa shape index (κ3) is 4.24. The van der Waals surface area contributed by atoms with E-state index in [0.29, 0.717) is 17.4 Å². The maximum absolute atomic E-state index is 11.5. The molecule has 0 aliphatic heterocycles. The zero-order chi connectivity index (χ0) is 12.0. The van der Waals surface area contributed by atoms with E-state index in [-0.39, 0.29) is 12.5 Å². The molecule has 0 aliphatic carbocycles. The summed E-state index contributed by atoms with van der Waals surface area (Å²) in [5.74, 6) is -0.143. The average Bonchev–Trinajstić information content (AvgIpc) is 2.26. The summed E-state index contributed by atoms with van der Waals surface area (Å²) in [6.07, 6.45) is 0. The summed E-state index contributed by atoms with van der Waals surface area (Å²) >= 11 is 1.76. The van der Waals surface area contributed by atoms with E-state index in [9.17, 15) is 4.79 Å². The lowest BCUT2D eigenvalue weighted by Crippen LogP contribution is -2.26. The van der Waals surface area contributed by atoms with Crippen molar-refractivity contribution in [1.82, 2.24) is 5.32 Å². The van der Waals surface area contributed by atoms with Gasteiger partial charge in [-0.2, -0.15) is 0 Å². The summed E-state index contributed by atoms with van der Waals surface area (Å²) in [6, 6.07) is 7.49. The highest BCUT2D eigenvalue weighted by Crippen LogP contribution is 2.22. The first-order chi connectivity index (χ1) is 7.63. The lowest BCUT2D eigenvalue weighted by atomic mass is 10.2. The van der Waals surface area contributed by atoms with Gasteiger partial charge < -0.3 is 10.4 Å². The fraction of sp³-hybridized carbons (Fsp3) is 0.417. The highest BCUT2D eigenvalue weighted by molar-refractivity contribution is 7.99. The number of amides is 1. The number of rotatable bonds is 5. The number of hydrogen-bond donors (Lipinski definition) is 2. The number of carbonyl (C=O) groups is 1. The zero-order valence-corrected chi connectivity index (χ0v) is 10.4. The standard InChI is InChI=1S/C12H17NO2S/c1-9(2)16-11-5-3-10(4-6-11)12(15)13-7-8-14/h3-6,9,14H,7-8H2,1-2H3,(H,13,15). The van der Waals surface area contributed by atoms with Crippen molar-refractivity contribution >= 4 is 17.7 Å². The fourth-order valence-corrected chi connectivity index (χ4v) is 2.07. The van der Waals surface area contributed by atoms with Crippen LogP contribution in [0.25, 0.3) is 0 Å². The Hall–Kier alpha value is -1.00. The van der Waals surface area contributed by atoms with Crippen LogP contribution < -0.4 is 5.32 Å². The van der Waals surface area contributed by atoms with E-state index in [1.807, 2.05) is 12.1 Å². The number of hydrogen-bond acceptors (Lipinski definition) is 3. The van der Waals surface area contributed by atoms with Crippen LogP contribution in [0.5, 0.6) is 0 Å². The second-order valence-corrected chi connectivity index (χ2v) is 5.32. The molecule has 0 heterocycles. The molecule has 0 saturated carbocycles. The van der Waals surface area contributed by atoms with E-state index in [1.54, 1.807) is 23.9 Å². The van der Waals surface area contributed by atoms with Gasteiger partial charge in [-0.1, -0.05) is 13.8 Å². The molecule has 3 nitrogen and oxygen atoms in total. The molecule has 1 rings (SSSR count). The molecule has 1 amide bonds. The highest BCUT2D eigenvalue weighted by atomic mass is 32.2. The number of aliphatic hydroxyl groups is 1. The number of carbonyl (C=O) groups excluding carboxylic acids is 1. The SMILES string of the molecule is CC(C)Sc1ccc(C(=O)NCCO)cc1. The van der Waals surface area contributed by atoms with Gasteiger partial charge in [0.25, 0.3) is 5.91 Å². The number of aliphatic hydroxyl groups excluding tert-OH is 1. The van der Waals surface area contributed by atoms with Crippen molar-refractivity contribution in [3.63, 3.8) is 0 Å². The van der Waals surface area contributed by atoms with E-state index in [0.717, 1.165) is 4.90 Å². The molecule has 0 aliphatic rings. The van der Waals surface area contributed by atoms with Crippen molar-refractivity contribution in [2.45, 2.75) is 24.0 Å². The molecular weight excluding hydrogens is 222 g/mol. The smallest absolute Gasteiger partial charge is 0.251 e. The van der Waals surface area contributed by atoms with Crippen LogP contribution in [0.3, 0.4) is 0 Å². The van der Waals surface area contributed by atoms with Gasteiger partial charge in [-0.15, -0.1) is 11.8 Å². The minimum atomic E-state index is -0.143. The van der Waals surface area contributed by atoms with Crippen molar-refractivity contribution in [1.29, 1.82) is 0 Å². The van der Waals surface area contributed by atoms with Crippen molar-refractivity contribution in [2.24, 2.45) is 0 Å². The Kier molecular flexibility index (Phi) is 5.35. The Morgan fingerprint density at radius 3 is 2.50 bits per heavy atom. The lowest BCUT2D eigenvalue weighted by Gasteiger charge is -2.06. The largest absolute Gasteiger partial charge is 0.395 e. The molecule has 0 bridgehead atoms. The predicted molar refractivity (Wildman–Crippen MR) is 66.9 cm³/mol. The summed E-state index contributed by atoms with van der Waals surface area (Å²) < 4.78 is 0. The van der Waals surface area contributed by atoms with E-state index in [2.05, 4.69) is 19.2 Å². The first-order valence-electron chi connectivity index (χ1n) is 5.29. The molecule has 4 heteroatoms. The van der Waals surface area contributed by atoms with Crippen LogP contribution in [-0.4, -0.2) is 29.4 Å². The molecule has 0 atom stereocenters. The number of thioether (sulfide) groups is 1. The van der Waals surface area contributed by atoms with Crippen molar-refractivity contribution in [2.75, 3.05) is 13.2 Å².